The monoisotopic (exact) mass is 214 g/mol. The van der Waals surface area contributed by atoms with Gasteiger partial charge in [-0.2, -0.15) is 0 Å². The fourth-order valence-electron chi connectivity index (χ4n) is 2.69. The Morgan fingerprint density at radius 3 is 2.93 bits per heavy atom. The molecule has 0 unspecified atom stereocenters. The van der Waals surface area contributed by atoms with E-state index in [2.05, 4.69) is 4.99 Å². The zero-order valence-corrected chi connectivity index (χ0v) is 8.69. The first kappa shape index (κ1) is 10.4. The fraction of sp³-hybridized carbons (Fsp3) is 0.800. The lowest BCUT2D eigenvalue weighted by molar-refractivity contribution is 0.0392. The number of carboxylic acid groups (broad SMARTS) is 1. The molecule has 1 amide bonds. The van der Waals surface area contributed by atoms with Gasteiger partial charge in [-0.1, -0.05) is 0 Å². The van der Waals surface area contributed by atoms with Crippen LogP contribution in [0.1, 0.15) is 25.7 Å². The van der Waals surface area contributed by atoms with E-state index in [9.17, 15) is 9.18 Å². The highest BCUT2D eigenvalue weighted by atomic mass is 19.1. The van der Waals surface area contributed by atoms with Crippen LogP contribution in [0.25, 0.3) is 0 Å². The minimum Gasteiger partial charge on any atom is -0.465 e. The van der Waals surface area contributed by atoms with Crippen LogP contribution in [0.4, 0.5) is 9.18 Å². The molecule has 0 aromatic heterocycles. The Labute approximate surface area is 87.8 Å². The summed E-state index contributed by atoms with van der Waals surface area (Å²) in [5, 5.41) is 9.04. The average Bonchev–Trinajstić information content (AvgIpc) is 2.22. The van der Waals surface area contributed by atoms with Crippen molar-refractivity contribution in [1.82, 2.24) is 4.90 Å². The molecule has 2 aliphatic rings. The van der Waals surface area contributed by atoms with Gasteiger partial charge in [0.25, 0.3) is 0 Å². The Morgan fingerprint density at radius 2 is 2.33 bits per heavy atom. The number of rotatable bonds is 0. The third-order valence-electron chi connectivity index (χ3n) is 3.40. The Morgan fingerprint density at radius 1 is 1.60 bits per heavy atom. The van der Waals surface area contributed by atoms with E-state index in [0.717, 1.165) is 12.8 Å². The number of carbonyl (C=O) groups is 1. The number of aliphatic imine (C=N–C) groups is 1. The predicted molar refractivity (Wildman–Crippen MR) is 54.2 cm³/mol. The van der Waals surface area contributed by atoms with Crippen molar-refractivity contribution < 1.29 is 14.3 Å². The summed E-state index contributed by atoms with van der Waals surface area (Å²) in [7, 11) is 1.58. The van der Waals surface area contributed by atoms with Crippen LogP contribution in [0.3, 0.4) is 0 Å². The van der Waals surface area contributed by atoms with Crippen molar-refractivity contribution in [2.75, 3.05) is 7.05 Å². The van der Waals surface area contributed by atoms with E-state index in [1.54, 1.807) is 7.05 Å². The van der Waals surface area contributed by atoms with E-state index < -0.39 is 18.3 Å². The van der Waals surface area contributed by atoms with Crippen molar-refractivity contribution in [2.24, 2.45) is 4.99 Å². The largest absolute Gasteiger partial charge is 0.465 e. The summed E-state index contributed by atoms with van der Waals surface area (Å²) in [5.41, 5.74) is 0.530. The molecule has 2 heterocycles. The molecule has 0 spiro atoms. The topological polar surface area (TPSA) is 52.9 Å². The first-order chi connectivity index (χ1) is 7.15. The summed E-state index contributed by atoms with van der Waals surface area (Å²) >= 11 is 0. The minimum atomic E-state index is -1.21. The number of amides is 1. The van der Waals surface area contributed by atoms with E-state index in [0.29, 0.717) is 18.6 Å². The van der Waals surface area contributed by atoms with Crippen molar-refractivity contribution >= 4 is 11.8 Å². The maximum Gasteiger partial charge on any atom is 0.407 e. The second-order valence-electron chi connectivity index (χ2n) is 4.16. The molecule has 2 aliphatic heterocycles. The second-order valence-corrected chi connectivity index (χ2v) is 4.16. The van der Waals surface area contributed by atoms with Gasteiger partial charge in [-0.3, -0.25) is 9.89 Å². The molecule has 3 atom stereocenters. The van der Waals surface area contributed by atoms with Crippen LogP contribution in [0, 0.1) is 0 Å². The van der Waals surface area contributed by atoms with E-state index in [4.69, 9.17) is 5.11 Å². The molecule has 0 saturated carbocycles. The van der Waals surface area contributed by atoms with Gasteiger partial charge < -0.3 is 5.11 Å². The molecule has 84 valence electrons. The summed E-state index contributed by atoms with van der Waals surface area (Å²) in [6, 6.07) is -0.569. The van der Waals surface area contributed by atoms with E-state index >= 15 is 0 Å². The Kier molecular flexibility index (Phi) is 2.63. The van der Waals surface area contributed by atoms with Gasteiger partial charge in [0.2, 0.25) is 0 Å². The molecule has 2 bridgehead atoms. The summed E-state index contributed by atoms with van der Waals surface area (Å²) in [6.45, 7) is 0. The maximum absolute atomic E-state index is 13.9. The third-order valence-corrected chi connectivity index (χ3v) is 3.40. The van der Waals surface area contributed by atoms with Gasteiger partial charge in [0, 0.05) is 19.5 Å². The number of halogens is 1. The van der Waals surface area contributed by atoms with Crippen LogP contribution >= 0.6 is 0 Å². The first-order valence-electron chi connectivity index (χ1n) is 5.26. The van der Waals surface area contributed by atoms with Gasteiger partial charge in [0.05, 0.1) is 11.8 Å². The minimum absolute atomic E-state index is 0.0630. The number of alkyl halides is 1. The van der Waals surface area contributed by atoms with Gasteiger partial charge in [-0.15, -0.1) is 0 Å². The Bertz CT molecular complexity index is 306. The Balaban J connectivity index is 2.28. The molecule has 4 nitrogen and oxygen atoms in total. The lowest BCUT2D eigenvalue weighted by atomic mass is 9.82. The van der Waals surface area contributed by atoms with Crippen molar-refractivity contribution in [1.29, 1.82) is 0 Å². The number of hydrogen-bond donors (Lipinski definition) is 1. The third kappa shape index (κ3) is 1.60. The molecular weight excluding hydrogens is 199 g/mol. The molecule has 5 heteroatoms. The van der Waals surface area contributed by atoms with Gasteiger partial charge in [-0.05, 0) is 19.3 Å². The highest BCUT2D eigenvalue weighted by Gasteiger charge is 2.45. The van der Waals surface area contributed by atoms with Crippen molar-refractivity contribution in [3.05, 3.63) is 0 Å². The lowest BCUT2D eigenvalue weighted by Crippen LogP contribution is -2.60. The van der Waals surface area contributed by atoms with E-state index in [1.807, 2.05) is 0 Å². The highest BCUT2D eigenvalue weighted by molar-refractivity contribution is 5.92. The van der Waals surface area contributed by atoms with Crippen LogP contribution in [-0.4, -0.2) is 47.1 Å². The van der Waals surface area contributed by atoms with E-state index in [-0.39, 0.29) is 6.04 Å². The van der Waals surface area contributed by atoms with Crippen LogP contribution in [0.2, 0.25) is 0 Å². The molecule has 0 radical (unpaired) electrons. The summed E-state index contributed by atoms with van der Waals surface area (Å²) in [4.78, 5) is 16.2. The van der Waals surface area contributed by atoms with Crippen LogP contribution in [0.15, 0.2) is 4.99 Å². The fourth-order valence-corrected chi connectivity index (χ4v) is 2.69. The molecule has 2 saturated heterocycles. The van der Waals surface area contributed by atoms with Crippen LogP contribution < -0.4 is 0 Å². The quantitative estimate of drug-likeness (QED) is 0.667. The van der Waals surface area contributed by atoms with Gasteiger partial charge in [0.15, 0.2) is 6.17 Å². The smallest absolute Gasteiger partial charge is 0.407 e. The number of hydrogen-bond acceptors (Lipinski definition) is 2. The van der Waals surface area contributed by atoms with Crippen LogP contribution in [0.5, 0.6) is 0 Å². The molecule has 2 rings (SSSR count). The van der Waals surface area contributed by atoms with Crippen molar-refractivity contribution in [3.8, 4) is 0 Å². The highest BCUT2D eigenvalue weighted by Crippen LogP contribution is 2.34. The van der Waals surface area contributed by atoms with Gasteiger partial charge >= 0.3 is 6.09 Å². The SMILES string of the molecule is C/N=C1/C[C@H]2CCC[C@@H]([C@@H]1F)N2C(=O)O. The maximum atomic E-state index is 13.9. The molecule has 2 fully saturated rings. The normalized spacial score (nSPS) is 38.1. The number of piperidine rings is 2. The van der Waals surface area contributed by atoms with E-state index in [1.165, 1.54) is 4.90 Å². The molecule has 0 aliphatic carbocycles. The molecule has 0 aromatic carbocycles. The standard InChI is InChI=1S/C10H15FN2O2/c1-12-7-5-6-3-2-4-8(9(7)11)13(6)10(14)15/h6,8-9H,2-5H2,1H3,(H,14,15)/b12-7-/t6-,8+,9-/m1/s1. The van der Waals surface area contributed by atoms with Crippen LogP contribution in [-0.2, 0) is 0 Å². The summed E-state index contributed by atoms with van der Waals surface area (Å²) < 4.78 is 13.9. The van der Waals surface area contributed by atoms with Crippen molar-refractivity contribution in [2.45, 2.75) is 43.9 Å². The second kappa shape index (κ2) is 3.79. The van der Waals surface area contributed by atoms with Crippen molar-refractivity contribution in [3.63, 3.8) is 0 Å². The van der Waals surface area contributed by atoms with Gasteiger partial charge in [-0.25, -0.2) is 9.18 Å². The number of nitrogens with zero attached hydrogens (tertiary/aromatic N) is 2. The molecule has 15 heavy (non-hydrogen) atoms. The first-order valence-corrected chi connectivity index (χ1v) is 5.26. The average molecular weight is 214 g/mol. The molecular formula is C10H15FN2O2. The zero-order valence-electron chi connectivity index (χ0n) is 8.69. The predicted octanol–water partition coefficient (Wildman–Crippen LogP) is 1.70. The zero-order chi connectivity index (χ0) is 11.0. The molecule has 0 aromatic rings. The Hall–Kier alpha value is -1.13. The molecule has 1 N–H and O–H groups in total. The summed E-state index contributed by atoms with van der Waals surface area (Å²) in [6.07, 6.45) is 0.610. The summed E-state index contributed by atoms with van der Waals surface area (Å²) in [5.74, 6) is 0. The number of fused-ring (bicyclic) bond motifs is 2. The lowest BCUT2D eigenvalue weighted by Gasteiger charge is -2.46. The van der Waals surface area contributed by atoms with Gasteiger partial charge in [0.1, 0.15) is 0 Å².